The summed E-state index contributed by atoms with van der Waals surface area (Å²) in [5.74, 6) is 3.22. The molecule has 10 nitrogen and oxygen atoms in total. The number of piperidine rings is 1. The van der Waals surface area contributed by atoms with E-state index in [1.165, 1.54) is 0 Å². The normalized spacial score (nSPS) is 13.9. The molecule has 1 fully saturated rings. The summed E-state index contributed by atoms with van der Waals surface area (Å²) in [6.45, 7) is 1.56. The molecule has 0 unspecified atom stereocenters. The highest BCUT2D eigenvalue weighted by Crippen LogP contribution is 2.32. The Bertz CT molecular complexity index is 1150. The van der Waals surface area contributed by atoms with E-state index in [9.17, 15) is 0 Å². The van der Waals surface area contributed by atoms with E-state index < -0.39 is 0 Å². The van der Waals surface area contributed by atoms with Crippen molar-refractivity contribution in [2.75, 3.05) is 46.8 Å². The van der Waals surface area contributed by atoms with Crippen molar-refractivity contribution in [3.8, 4) is 34.4 Å². The minimum absolute atomic E-state index is 0.149. The average Bonchev–Trinajstić information content (AvgIpc) is 3.39. The standard InChI is InChI=1S/C23H28N6O4S/c1-30-17-6-7-18(20(14-17)32-3)24-23(34)28-11-9-16(10-12-28)29-26-22(25-27-29)15-5-8-19(31-2)21(13-15)33-4/h5-8,13-14,16H,9-12H2,1-4H3,(H,24,34). The van der Waals surface area contributed by atoms with Crippen LogP contribution in [0.2, 0.25) is 0 Å². The minimum atomic E-state index is 0.149. The van der Waals surface area contributed by atoms with Gasteiger partial charge in [0.25, 0.3) is 0 Å². The number of benzene rings is 2. The van der Waals surface area contributed by atoms with Gasteiger partial charge in [-0.25, -0.2) is 0 Å². The van der Waals surface area contributed by atoms with Gasteiger partial charge in [0, 0.05) is 24.7 Å². The van der Waals surface area contributed by atoms with E-state index in [0.717, 1.165) is 42.9 Å². The molecule has 3 aromatic rings. The Morgan fingerprint density at radius 3 is 2.32 bits per heavy atom. The van der Waals surface area contributed by atoms with Gasteiger partial charge in [0.1, 0.15) is 11.5 Å². The molecule has 1 aliphatic rings. The van der Waals surface area contributed by atoms with Gasteiger partial charge in [0.05, 0.1) is 40.2 Å². The van der Waals surface area contributed by atoms with Crippen molar-refractivity contribution in [3.05, 3.63) is 36.4 Å². The molecule has 2 aromatic carbocycles. The van der Waals surface area contributed by atoms with Crippen molar-refractivity contribution in [2.45, 2.75) is 18.9 Å². The number of hydrogen-bond acceptors (Lipinski definition) is 8. The molecule has 1 aliphatic heterocycles. The Morgan fingerprint density at radius 1 is 0.912 bits per heavy atom. The fourth-order valence-electron chi connectivity index (χ4n) is 3.87. The smallest absolute Gasteiger partial charge is 0.205 e. The molecule has 0 radical (unpaired) electrons. The van der Waals surface area contributed by atoms with Gasteiger partial charge in [0.15, 0.2) is 16.6 Å². The van der Waals surface area contributed by atoms with Crippen molar-refractivity contribution >= 4 is 23.0 Å². The van der Waals surface area contributed by atoms with Crippen LogP contribution in [0.4, 0.5) is 5.69 Å². The third-order valence-electron chi connectivity index (χ3n) is 5.80. The van der Waals surface area contributed by atoms with Crippen LogP contribution in [0.5, 0.6) is 23.0 Å². The van der Waals surface area contributed by atoms with Crippen LogP contribution in [0.3, 0.4) is 0 Å². The first-order chi connectivity index (χ1) is 16.6. The second-order valence-corrected chi connectivity index (χ2v) is 8.10. The summed E-state index contributed by atoms with van der Waals surface area (Å²) in [4.78, 5) is 3.84. The molecular formula is C23H28N6O4S. The maximum atomic E-state index is 5.65. The minimum Gasteiger partial charge on any atom is -0.497 e. The zero-order chi connectivity index (χ0) is 24.1. The largest absolute Gasteiger partial charge is 0.497 e. The molecule has 11 heteroatoms. The zero-order valence-electron chi connectivity index (χ0n) is 19.6. The summed E-state index contributed by atoms with van der Waals surface area (Å²) < 4.78 is 21.4. The molecular weight excluding hydrogens is 456 g/mol. The predicted molar refractivity (Wildman–Crippen MR) is 132 cm³/mol. The van der Waals surface area contributed by atoms with Crippen LogP contribution < -0.4 is 24.3 Å². The van der Waals surface area contributed by atoms with Crippen molar-refractivity contribution in [3.63, 3.8) is 0 Å². The third kappa shape index (κ3) is 4.98. The first-order valence-electron chi connectivity index (χ1n) is 10.9. The lowest BCUT2D eigenvalue weighted by molar-refractivity contribution is 0.238. The Labute approximate surface area is 203 Å². The van der Waals surface area contributed by atoms with Crippen LogP contribution in [-0.4, -0.2) is 71.7 Å². The summed E-state index contributed by atoms with van der Waals surface area (Å²) in [6.07, 6.45) is 1.70. The SMILES string of the molecule is COc1ccc(NC(=S)N2CCC(n3nnc(-c4ccc(OC)c(OC)c4)n3)CC2)c(OC)c1. The van der Waals surface area contributed by atoms with E-state index in [0.29, 0.717) is 28.2 Å². The number of ether oxygens (including phenoxy) is 4. The fraction of sp³-hybridized carbons (Fsp3) is 0.391. The number of anilines is 1. The highest BCUT2D eigenvalue weighted by molar-refractivity contribution is 7.80. The van der Waals surface area contributed by atoms with E-state index in [4.69, 9.17) is 31.2 Å². The highest BCUT2D eigenvalue weighted by Gasteiger charge is 2.25. The molecule has 4 rings (SSSR count). The van der Waals surface area contributed by atoms with E-state index in [-0.39, 0.29) is 6.04 Å². The summed E-state index contributed by atoms with van der Waals surface area (Å²) >= 11 is 5.65. The quantitative estimate of drug-likeness (QED) is 0.503. The number of tetrazole rings is 1. The lowest BCUT2D eigenvalue weighted by atomic mass is 10.1. The molecule has 0 saturated carbocycles. The maximum absolute atomic E-state index is 5.65. The van der Waals surface area contributed by atoms with Gasteiger partial charge < -0.3 is 29.2 Å². The Morgan fingerprint density at radius 2 is 1.65 bits per heavy atom. The van der Waals surface area contributed by atoms with Crippen LogP contribution in [0.1, 0.15) is 18.9 Å². The van der Waals surface area contributed by atoms with Crippen molar-refractivity contribution in [2.24, 2.45) is 0 Å². The summed E-state index contributed by atoms with van der Waals surface area (Å²) in [6, 6.07) is 11.3. The molecule has 1 N–H and O–H groups in total. The molecule has 2 heterocycles. The second kappa shape index (κ2) is 10.6. The van der Waals surface area contributed by atoms with E-state index in [1.54, 1.807) is 33.2 Å². The van der Waals surface area contributed by atoms with Crippen molar-refractivity contribution in [1.82, 2.24) is 25.1 Å². The van der Waals surface area contributed by atoms with Gasteiger partial charge in [-0.1, -0.05) is 0 Å². The van der Waals surface area contributed by atoms with E-state index in [2.05, 4.69) is 25.6 Å². The molecule has 0 amide bonds. The van der Waals surface area contributed by atoms with Gasteiger partial charge in [0.2, 0.25) is 5.82 Å². The van der Waals surface area contributed by atoms with Crippen LogP contribution in [-0.2, 0) is 0 Å². The zero-order valence-corrected chi connectivity index (χ0v) is 20.5. The van der Waals surface area contributed by atoms with Gasteiger partial charge in [-0.15, -0.1) is 10.2 Å². The molecule has 1 saturated heterocycles. The topological polar surface area (TPSA) is 95.8 Å². The van der Waals surface area contributed by atoms with Gasteiger partial charge in [-0.05, 0) is 60.6 Å². The Balaban J connectivity index is 1.37. The van der Waals surface area contributed by atoms with E-state index >= 15 is 0 Å². The Hall–Kier alpha value is -3.60. The lowest BCUT2D eigenvalue weighted by Gasteiger charge is -2.33. The first kappa shape index (κ1) is 23.6. The molecule has 1 aromatic heterocycles. The number of rotatable bonds is 7. The monoisotopic (exact) mass is 484 g/mol. The summed E-state index contributed by atoms with van der Waals surface area (Å²) in [5.41, 5.74) is 1.62. The van der Waals surface area contributed by atoms with Crippen LogP contribution in [0, 0.1) is 0 Å². The highest BCUT2D eigenvalue weighted by atomic mass is 32.1. The van der Waals surface area contributed by atoms with E-state index in [1.807, 2.05) is 36.4 Å². The fourth-order valence-corrected chi connectivity index (χ4v) is 4.16. The third-order valence-corrected chi connectivity index (χ3v) is 6.16. The number of methoxy groups -OCH3 is 4. The number of thiocarbonyl (C=S) groups is 1. The van der Waals surface area contributed by atoms with Crippen LogP contribution >= 0.6 is 12.2 Å². The number of nitrogens with one attached hydrogen (secondary N) is 1. The number of nitrogens with zero attached hydrogens (tertiary/aromatic N) is 5. The molecule has 0 aliphatic carbocycles. The second-order valence-electron chi connectivity index (χ2n) is 7.72. The van der Waals surface area contributed by atoms with Crippen molar-refractivity contribution in [1.29, 1.82) is 0 Å². The molecule has 34 heavy (non-hydrogen) atoms. The lowest BCUT2D eigenvalue weighted by Crippen LogP contribution is -2.41. The Kier molecular flexibility index (Phi) is 7.31. The molecule has 0 atom stereocenters. The number of likely N-dealkylation sites (tertiary alicyclic amines) is 1. The number of hydrogen-bond donors (Lipinski definition) is 1. The average molecular weight is 485 g/mol. The van der Waals surface area contributed by atoms with Crippen molar-refractivity contribution < 1.29 is 18.9 Å². The van der Waals surface area contributed by atoms with Crippen LogP contribution in [0.25, 0.3) is 11.4 Å². The van der Waals surface area contributed by atoms with Crippen LogP contribution in [0.15, 0.2) is 36.4 Å². The van der Waals surface area contributed by atoms with Gasteiger partial charge >= 0.3 is 0 Å². The molecule has 0 bridgehead atoms. The summed E-state index contributed by atoms with van der Waals surface area (Å²) in [5, 5.41) is 17.1. The first-order valence-corrected chi connectivity index (χ1v) is 11.3. The molecule has 0 spiro atoms. The number of aromatic nitrogens is 4. The maximum Gasteiger partial charge on any atom is 0.205 e. The van der Waals surface area contributed by atoms with Gasteiger partial charge in [-0.3, -0.25) is 0 Å². The summed E-state index contributed by atoms with van der Waals surface area (Å²) in [7, 11) is 6.45. The van der Waals surface area contributed by atoms with Gasteiger partial charge in [-0.2, -0.15) is 4.80 Å². The predicted octanol–water partition coefficient (Wildman–Crippen LogP) is 3.41. The molecule has 180 valence electrons.